The van der Waals surface area contributed by atoms with Gasteiger partial charge in [0.15, 0.2) is 0 Å². The van der Waals surface area contributed by atoms with Gasteiger partial charge in [-0.1, -0.05) is 26.7 Å². The standard InChI is InChI=1S/C16H26O4/c1-4-7-8-9-10-14(6-3)20-16(18)12-11-15(17)19-13-5-2/h14H,4-7,10-13H2,1-3H3. The zero-order valence-electron chi connectivity index (χ0n) is 12.9. The van der Waals surface area contributed by atoms with Crippen molar-refractivity contribution in [3.8, 4) is 11.8 Å². The Bertz CT molecular complexity index is 338. The average molecular weight is 282 g/mol. The van der Waals surface area contributed by atoms with Gasteiger partial charge >= 0.3 is 11.9 Å². The molecule has 0 aromatic carbocycles. The minimum atomic E-state index is -0.359. The predicted molar refractivity (Wildman–Crippen MR) is 78.0 cm³/mol. The molecule has 1 atom stereocenters. The Kier molecular flexibility index (Phi) is 11.6. The van der Waals surface area contributed by atoms with Crippen LogP contribution in [-0.4, -0.2) is 24.6 Å². The fourth-order valence-electron chi connectivity index (χ4n) is 1.41. The molecular weight excluding hydrogens is 256 g/mol. The van der Waals surface area contributed by atoms with Gasteiger partial charge in [-0.2, -0.15) is 0 Å². The van der Waals surface area contributed by atoms with Gasteiger partial charge in [0.1, 0.15) is 6.10 Å². The molecule has 0 spiro atoms. The van der Waals surface area contributed by atoms with Crippen LogP contribution in [-0.2, 0) is 19.1 Å². The molecule has 0 aliphatic carbocycles. The third-order valence-corrected chi connectivity index (χ3v) is 2.58. The first-order chi connectivity index (χ1) is 9.63. The van der Waals surface area contributed by atoms with Crippen molar-refractivity contribution in [1.29, 1.82) is 0 Å². The van der Waals surface area contributed by atoms with Crippen molar-refractivity contribution < 1.29 is 19.1 Å². The van der Waals surface area contributed by atoms with E-state index in [0.29, 0.717) is 13.0 Å². The number of hydrogen-bond donors (Lipinski definition) is 0. The summed E-state index contributed by atoms with van der Waals surface area (Å²) in [4.78, 5) is 22.9. The summed E-state index contributed by atoms with van der Waals surface area (Å²) in [7, 11) is 0. The van der Waals surface area contributed by atoms with Crippen molar-refractivity contribution in [3.63, 3.8) is 0 Å². The molecule has 114 valence electrons. The smallest absolute Gasteiger partial charge is 0.306 e. The van der Waals surface area contributed by atoms with Crippen LogP contribution in [0.25, 0.3) is 0 Å². The van der Waals surface area contributed by atoms with E-state index in [1.807, 2.05) is 13.8 Å². The van der Waals surface area contributed by atoms with E-state index in [4.69, 9.17) is 9.47 Å². The Morgan fingerprint density at radius 2 is 1.70 bits per heavy atom. The number of ether oxygens (including phenoxy) is 2. The minimum Gasteiger partial charge on any atom is -0.466 e. The molecule has 0 fully saturated rings. The quantitative estimate of drug-likeness (QED) is 0.481. The molecule has 0 bridgehead atoms. The predicted octanol–water partition coefficient (Wildman–Crippen LogP) is 3.24. The monoisotopic (exact) mass is 282 g/mol. The van der Waals surface area contributed by atoms with Crippen molar-refractivity contribution in [2.24, 2.45) is 0 Å². The third kappa shape index (κ3) is 10.4. The van der Waals surface area contributed by atoms with Gasteiger partial charge in [-0.25, -0.2) is 0 Å². The summed E-state index contributed by atoms with van der Waals surface area (Å²) >= 11 is 0. The second-order valence-corrected chi connectivity index (χ2v) is 4.55. The maximum Gasteiger partial charge on any atom is 0.306 e. The normalized spacial score (nSPS) is 11.2. The Balaban J connectivity index is 3.92. The zero-order chi connectivity index (χ0) is 15.2. The van der Waals surface area contributed by atoms with E-state index >= 15 is 0 Å². The highest BCUT2D eigenvalue weighted by molar-refractivity contribution is 5.77. The van der Waals surface area contributed by atoms with Crippen LogP contribution in [0.1, 0.15) is 65.7 Å². The molecule has 1 unspecified atom stereocenters. The van der Waals surface area contributed by atoms with Gasteiger partial charge in [0.05, 0.1) is 19.4 Å². The fourth-order valence-corrected chi connectivity index (χ4v) is 1.41. The van der Waals surface area contributed by atoms with Crippen LogP contribution in [0, 0.1) is 11.8 Å². The molecule has 20 heavy (non-hydrogen) atoms. The molecule has 0 rings (SSSR count). The van der Waals surface area contributed by atoms with Gasteiger partial charge in [0.25, 0.3) is 0 Å². The highest BCUT2D eigenvalue weighted by Crippen LogP contribution is 2.06. The summed E-state index contributed by atoms with van der Waals surface area (Å²) in [6.07, 6.45) is 3.94. The second-order valence-electron chi connectivity index (χ2n) is 4.55. The first-order valence-electron chi connectivity index (χ1n) is 7.44. The van der Waals surface area contributed by atoms with Gasteiger partial charge in [0, 0.05) is 12.8 Å². The van der Waals surface area contributed by atoms with Crippen molar-refractivity contribution in [2.45, 2.75) is 71.8 Å². The minimum absolute atomic E-state index is 0.0709. The van der Waals surface area contributed by atoms with Crippen LogP contribution in [0.5, 0.6) is 0 Å². The Morgan fingerprint density at radius 1 is 1.00 bits per heavy atom. The van der Waals surface area contributed by atoms with Crippen LogP contribution in [0.3, 0.4) is 0 Å². The second kappa shape index (κ2) is 12.5. The maximum atomic E-state index is 11.6. The summed E-state index contributed by atoms with van der Waals surface area (Å²) in [5, 5.41) is 0. The van der Waals surface area contributed by atoms with Crippen LogP contribution in [0.2, 0.25) is 0 Å². The fraction of sp³-hybridized carbons (Fsp3) is 0.750. The van der Waals surface area contributed by atoms with Crippen molar-refractivity contribution in [2.75, 3.05) is 6.61 Å². The number of hydrogen-bond acceptors (Lipinski definition) is 4. The summed E-state index contributed by atoms with van der Waals surface area (Å²) in [5.41, 5.74) is 0. The van der Waals surface area contributed by atoms with Gasteiger partial charge in [0.2, 0.25) is 0 Å². The molecule has 0 N–H and O–H groups in total. The Hall–Kier alpha value is -1.50. The first-order valence-corrected chi connectivity index (χ1v) is 7.44. The maximum absolute atomic E-state index is 11.6. The van der Waals surface area contributed by atoms with Gasteiger partial charge < -0.3 is 9.47 Å². The lowest BCUT2D eigenvalue weighted by atomic mass is 10.2. The first kappa shape index (κ1) is 18.5. The summed E-state index contributed by atoms with van der Waals surface area (Å²) in [5.74, 6) is 5.34. The molecule has 0 heterocycles. The van der Waals surface area contributed by atoms with Crippen LogP contribution in [0.15, 0.2) is 0 Å². The lowest BCUT2D eigenvalue weighted by molar-refractivity contribution is -0.153. The Labute approximate surface area is 122 Å². The molecule has 0 aromatic heterocycles. The average Bonchev–Trinajstić information content (AvgIpc) is 2.46. The SMILES string of the molecule is CCCC#CCC(CC)OC(=O)CCC(=O)OCCC. The van der Waals surface area contributed by atoms with Crippen LogP contribution >= 0.6 is 0 Å². The van der Waals surface area contributed by atoms with Gasteiger partial charge in [-0.05, 0) is 19.3 Å². The lowest BCUT2D eigenvalue weighted by Gasteiger charge is -2.13. The molecule has 0 saturated carbocycles. The molecule has 0 aliphatic rings. The third-order valence-electron chi connectivity index (χ3n) is 2.58. The molecule has 0 aromatic rings. The van der Waals surface area contributed by atoms with Crippen molar-refractivity contribution >= 4 is 11.9 Å². The van der Waals surface area contributed by atoms with Gasteiger partial charge in [-0.15, -0.1) is 5.92 Å². The van der Waals surface area contributed by atoms with E-state index in [2.05, 4.69) is 18.8 Å². The molecule has 4 heteroatoms. The molecular formula is C16H26O4. The number of carbonyl (C=O) groups excluding carboxylic acids is 2. The number of rotatable bonds is 9. The van der Waals surface area contributed by atoms with Crippen molar-refractivity contribution in [1.82, 2.24) is 0 Å². The number of esters is 2. The summed E-state index contributed by atoms with van der Waals surface area (Å²) < 4.78 is 10.2. The number of unbranched alkanes of at least 4 members (excludes halogenated alkanes) is 1. The van der Waals surface area contributed by atoms with Crippen LogP contribution in [0.4, 0.5) is 0 Å². The summed E-state index contributed by atoms with van der Waals surface area (Å²) in [6, 6.07) is 0. The molecule has 0 aliphatic heterocycles. The largest absolute Gasteiger partial charge is 0.466 e. The van der Waals surface area contributed by atoms with E-state index in [0.717, 1.165) is 25.7 Å². The topological polar surface area (TPSA) is 52.6 Å². The van der Waals surface area contributed by atoms with E-state index < -0.39 is 0 Å². The Morgan fingerprint density at radius 3 is 2.30 bits per heavy atom. The highest BCUT2D eigenvalue weighted by Gasteiger charge is 2.13. The zero-order valence-corrected chi connectivity index (χ0v) is 12.9. The van der Waals surface area contributed by atoms with Crippen molar-refractivity contribution in [3.05, 3.63) is 0 Å². The molecule has 0 amide bonds. The molecule has 0 radical (unpaired) electrons. The van der Waals surface area contributed by atoms with E-state index in [1.165, 1.54) is 0 Å². The summed E-state index contributed by atoms with van der Waals surface area (Å²) in [6.45, 7) is 6.35. The molecule has 0 saturated heterocycles. The molecule has 4 nitrogen and oxygen atoms in total. The van der Waals surface area contributed by atoms with E-state index in [1.54, 1.807) is 0 Å². The van der Waals surface area contributed by atoms with E-state index in [-0.39, 0.29) is 30.9 Å². The highest BCUT2D eigenvalue weighted by atomic mass is 16.5. The lowest BCUT2D eigenvalue weighted by Crippen LogP contribution is -2.18. The van der Waals surface area contributed by atoms with Crippen LogP contribution < -0.4 is 0 Å². The van der Waals surface area contributed by atoms with Gasteiger partial charge in [-0.3, -0.25) is 9.59 Å². The number of carbonyl (C=O) groups is 2. The van der Waals surface area contributed by atoms with E-state index in [9.17, 15) is 9.59 Å².